The molecule has 0 radical (unpaired) electrons. The van der Waals surface area contributed by atoms with Crippen LogP contribution in [0.15, 0.2) is 45.2 Å². The predicted octanol–water partition coefficient (Wildman–Crippen LogP) is 3.58. The van der Waals surface area contributed by atoms with Crippen molar-refractivity contribution in [3.8, 4) is 0 Å². The highest BCUT2D eigenvalue weighted by Crippen LogP contribution is 2.26. The van der Waals surface area contributed by atoms with Crippen LogP contribution in [0.25, 0.3) is 10.1 Å². The van der Waals surface area contributed by atoms with Crippen LogP contribution in [0.3, 0.4) is 0 Å². The van der Waals surface area contributed by atoms with Crippen molar-refractivity contribution in [1.29, 1.82) is 0 Å². The third-order valence-electron chi connectivity index (χ3n) is 3.06. The van der Waals surface area contributed by atoms with Crippen LogP contribution in [-0.2, 0) is 6.54 Å². The van der Waals surface area contributed by atoms with Gasteiger partial charge in [0.2, 0.25) is 0 Å². The van der Waals surface area contributed by atoms with Crippen molar-refractivity contribution in [2.75, 3.05) is 0 Å². The molecule has 0 aliphatic heterocycles. The Balaban J connectivity index is 2.07. The summed E-state index contributed by atoms with van der Waals surface area (Å²) in [5, 5.41) is 3.31. The molecular weight excluding hydrogens is 324 g/mol. The quantitative estimate of drug-likeness (QED) is 0.718. The maximum Gasteiger partial charge on any atom is 0.268 e. The highest BCUT2D eigenvalue weighted by atomic mass is 79.9. The minimum absolute atomic E-state index is 0.0391. The van der Waals surface area contributed by atoms with E-state index >= 15 is 0 Å². The molecule has 5 heteroatoms. The van der Waals surface area contributed by atoms with E-state index in [1.807, 2.05) is 19.1 Å². The Morgan fingerprint density at radius 3 is 3.00 bits per heavy atom. The van der Waals surface area contributed by atoms with Crippen LogP contribution in [0, 0.1) is 6.92 Å². The van der Waals surface area contributed by atoms with Crippen LogP contribution in [0.5, 0.6) is 0 Å². The molecule has 0 aliphatic carbocycles. The van der Waals surface area contributed by atoms with E-state index in [2.05, 4.69) is 38.4 Å². The van der Waals surface area contributed by atoms with Crippen molar-refractivity contribution in [2.45, 2.75) is 13.5 Å². The Labute approximate surface area is 122 Å². The minimum Gasteiger partial charge on any atom is -0.294 e. The molecule has 96 valence electrons. The lowest BCUT2D eigenvalue weighted by atomic mass is 10.2. The summed E-state index contributed by atoms with van der Waals surface area (Å²) in [5.74, 6) is 0. The van der Waals surface area contributed by atoms with E-state index < -0.39 is 0 Å². The number of halogens is 1. The number of rotatable bonds is 2. The van der Waals surface area contributed by atoms with Gasteiger partial charge in [-0.1, -0.05) is 18.2 Å². The highest BCUT2D eigenvalue weighted by Gasteiger charge is 2.08. The van der Waals surface area contributed by atoms with E-state index in [4.69, 9.17) is 0 Å². The second-order valence-corrected chi connectivity index (χ2v) is 6.04. The Morgan fingerprint density at radius 2 is 2.16 bits per heavy atom. The molecule has 0 bridgehead atoms. The molecule has 19 heavy (non-hydrogen) atoms. The number of hydrogen-bond acceptors (Lipinski definition) is 3. The summed E-state index contributed by atoms with van der Waals surface area (Å²) >= 11 is 4.99. The molecule has 0 N–H and O–H groups in total. The van der Waals surface area contributed by atoms with E-state index in [1.165, 1.54) is 10.1 Å². The van der Waals surface area contributed by atoms with Crippen LogP contribution in [-0.4, -0.2) is 9.55 Å². The molecule has 0 saturated heterocycles. The lowest BCUT2D eigenvalue weighted by Crippen LogP contribution is -2.22. The zero-order chi connectivity index (χ0) is 13.4. The van der Waals surface area contributed by atoms with Crippen molar-refractivity contribution in [1.82, 2.24) is 9.55 Å². The number of benzene rings is 1. The van der Waals surface area contributed by atoms with E-state index in [0.717, 1.165) is 11.3 Å². The lowest BCUT2D eigenvalue weighted by molar-refractivity contribution is 0.729. The van der Waals surface area contributed by atoms with Gasteiger partial charge in [0.1, 0.15) is 4.47 Å². The van der Waals surface area contributed by atoms with Crippen molar-refractivity contribution in [3.63, 3.8) is 0 Å². The summed E-state index contributed by atoms with van der Waals surface area (Å²) in [5.41, 5.74) is 1.83. The molecule has 2 aromatic heterocycles. The topological polar surface area (TPSA) is 34.9 Å². The van der Waals surface area contributed by atoms with Gasteiger partial charge >= 0.3 is 0 Å². The average Bonchev–Trinajstić information content (AvgIpc) is 2.83. The van der Waals surface area contributed by atoms with Gasteiger partial charge in [-0.25, -0.2) is 4.98 Å². The van der Waals surface area contributed by atoms with Crippen molar-refractivity contribution >= 4 is 37.4 Å². The molecule has 3 nitrogen and oxygen atoms in total. The number of hydrogen-bond donors (Lipinski definition) is 0. The van der Waals surface area contributed by atoms with Gasteiger partial charge in [0.05, 0.1) is 18.6 Å². The third-order valence-corrected chi connectivity index (χ3v) is 4.98. The first-order chi connectivity index (χ1) is 9.16. The summed E-state index contributed by atoms with van der Waals surface area (Å²) in [6.45, 7) is 2.37. The van der Waals surface area contributed by atoms with Gasteiger partial charge in [0.15, 0.2) is 0 Å². The van der Waals surface area contributed by atoms with Gasteiger partial charge in [0.25, 0.3) is 5.56 Å². The Hall–Kier alpha value is -1.46. The van der Waals surface area contributed by atoms with Crippen LogP contribution in [0.2, 0.25) is 0 Å². The second-order valence-electron chi connectivity index (χ2n) is 4.33. The number of fused-ring (bicyclic) bond motifs is 1. The molecule has 0 fully saturated rings. The van der Waals surface area contributed by atoms with E-state index in [1.54, 1.807) is 22.2 Å². The first kappa shape index (κ1) is 12.6. The van der Waals surface area contributed by atoms with Crippen LogP contribution >= 0.6 is 27.3 Å². The molecule has 0 atom stereocenters. The number of aryl methyl sites for hydroxylation is 1. The fraction of sp³-hybridized carbons (Fsp3) is 0.143. The fourth-order valence-electron chi connectivity index (χ4n) is 2.00. The van der Waals surface area contributed by atoms with Gasteiger partial charge in [-0.05, 0) is 45.2 Å². The first-order valence-corrected chi connectivity index (χ1v) is 7.51. The second kappa shape index (κ2) is 4.90. The van der Waals surface area contributed by atoms with Gasteiger partial charge in [0, 0.05) is 4.70 Å². The molecule has 0 saturated carbocycles. The van der Waals surface area contributed by atoms with Gasteiger partial charge in [-0.2, -0.15) is 0 Å². The van der Waals surface area contributed by atoms with Crippen molar-refractivity contribution in [2.24, 2.45) is 0 Å². The third kappa shape index (κ3) is 2.24. The summed E-state index contributed by atoms with van der Waals surface area (Å²) in [6, 6.07) is 8.22. The lowest BCUT2D eigenvalue weighted by Gasteiger charge is -2.06. The Bertz CT molecular complexity index is 807. The molecule has 2 heterocycles. The standard InChI is InChI=1S/C14H11BrN2OS/c1-9-13(15)14(18)17(8-16-9)6-10-7-19-12-5-3-2-4-11(10)12/h2-5,7-8H,6H2,1H3. The highest BCUT2D eigenvalue weighted by molar-refractivity contribution is 9.10. The fourth-order valence-corrected chi connectivity index (χ4v) is 3.28. The molecule has 0 unspecified atom stereocenters. The molecular formula is C14H11BrN2OS. The smallest absolute Gasteiger partial charge is 0.268 e. The molecule has 0 aliphatic rings. The molecule has 3 rings (SSSR count). The van der Waals surface area contributed by atoms with E-state index in [9.17, 15) is 4.79 Å². The number of aromatic nitrogens is 2. The molecule has 3 aromatic rings. The largest absolute Gasteiger partial charge is 0.294 e. The SMILES string of the molecule is Cc1ncn(Cc2csc3ccccc23)c(=O)c1Br. The van der Waals surface area contributed by atoms with Gasteiger partial charge in [-0.15, -0.1) is 11.3 Å². The Kier molecular flexibility index (Phi) is 3.24. The minimum atomic E-state index is -0.0391. The number of thiophene rings is 1. The molecule has 1 aromatic carbocycles. The van der Waals surface area contributed by atoms with Crippen LogP contribution < -0.4 is 5.56 Å². The monoisotopic (exact) mass is 334 g/mol. The summed E-state index contributed by atoms with van der Waals surface area (Å²) < 4.78 is 3.41. The Morgan fingerprint density at radius 1 is 1.37 bits per heavy atom. The zero-order valence-corrected chi connectivity index (χ0v) is 12.7. The van der Waals surface area contributed by atoms with Crippen LogP contribution in [0.4, 0.5) is 0 Å². The normalized spacial score (nSPS) is 11.1. The molecule has 0 amide bonds. The van der Waals surface area contributed by atoms with Crippen molar-refractivity contribution < 1.29 is 0 Å². The summed E-state index contributed by atoms with van der Waals surface area (Å²) in [4.78, 5) is 16.4. The van der Waals surface area contributed by atoms with Crippen molar-refractivity contribution in [3.05, 3.63) is 62.1 Å². The van der Waals surface area contributed by atoms with E-state index in [-0.39, 0.29) is 5.56 Å². The zero-order valence-electron chi connectivity index (χ0n) is 10.3. The maximum atomic E-state index is 12.1. The number of nitrogens with zero attached hydrogens (tertiary/aromatic N) is 2. The maximum absolute atomic E-state index is 12.1. The summed E-state index contributed by atoms with van der Waals surface area (Å²) in [7, 11) is 0. The molecule has 0 spiro atoms. The predicted molar refractivity (Wildman–Crippen MR) is 81.9 cm³/mol. The van der Waals surface area contributed by atoms with Gasteiger partial charge in [-0.3, -0.25) is 9.36 Å². The van der Waals surface area contributed by atoms with Crippen LogP contribution in [0.1, 0.15) is 11.3 Å². The van der Waals surface area contributed by atoms with Gasteiger partial charge < -0.3 is 0 Å². The summed E-state index contributed by atoms with van der Waals surface area (Å²) in [6.07, 6.45) is 1.61. The first-order valence-electron chi connectivity index (χ1n) is 5.83. The van der Waals surface area contributed by atoms with E-state index in [0.29, 0.717) is 11.0 Å². The average molecular weight is 335 g/mol.